The van der Waals surface area contributed by atoms with Crippen LogP contribution in [0.4, 0.5) is 4.79 Å². The van der Waals surface area contributed by atoms with Crippen molar-refractivity contribution in [2.75, 3.05) is 6.54 Å². The van der Waals surface area contributed by atoms with Gasteiger partial charge in [0.15, 0.2) is 0 Å². The number of hydrazine groups is 1. The predicted molar refractivity (Wildman–Crippen MR) is 95.8 cm³/mol. The van der Waals surface area contributed by atoms with Gasteiger partial charge in [-0.1, -0.05) is 6.07 Å². The standard InChI is InChI=1S/C20H21N3O5/c24-17-5-6-22(20(27)21-17)23-18(25)14-4-2-12(8-15(14)19(23)26)10-28-16-9-11-1-3-13(16)7-11/h2,4,8,11,13,16H,1,3,5-7,9-10H2,(H,21,24,27)/t11-,13+,16?/m0/s1. The number of amides is 5. The third-order valence-electron chi connectivity index (χ3n) is 6.34. The van der Waals surface area contributed by atoms with Crippen LogP contribution in [-0.2, 0) is 16.1 Å². The SMILES string of the molecule is O=C1CCN(N2C(=O)c3ccc(COC4C[C@H]5CC[C@@H]4C5)cc3C2=O)C(=O)N1. The number of carbonyl (C=O) groups excluding carboxylic acids is 4. The molecule has 1 unspecified atom stereocenters. The van der Waals surface area contributed by atoms with Gasteiger partial charge in [0.25, 0.3) is 11.8 Å². The molecule has 4 aliphatic rings. The van der Waals surface area contributed by atoms with Crippen LogP contribution in [0.15, 0.2) is 18.2 Å². The summed E-state index contributed by atoms with van der Waals surface area (Å²) in [6.45, 7) is 0.400. The van der Waals surface area contributed by atoms with E-state index in [2.05, 4.69) is 5.32 Å². The summed E-state index contributed by atoms with van der Waals surface area (Å²) in [5.74, 6) is -0.0712. The van der Waals surface area contributed by atoms with Crippen molar-refractivity contribution in [3.63, 3.8) is 0 Å². The second-order valence-electron chi connectivity index (χ2n) is 8.05. The average Bonchev–Trinajstić information content (AvgIpc) is 3.36. The Bertz CT molecular complexity index is 898. The van der Waals surface area contributed by atoms with E-state index >= 15 is 0 Å². The molecule has 2 aliphatic heterocycles. The lowest BCUT2D eigenvalue weighted by Crippen LogP contribution is -2.58. The molecule has 2 aliphatic carbocycles. The first kappa shape index (κ1) is 17.4. The average molecular weight is 383 g/mol. The molecule has 5 amide bonds. The highest BCUT2D eigenvalue weighted by Crippen LogP contribution is 2.46. The zero-order chi connectivity index (χ0) is 19.4. The summed E-state index contributed by atoms with van der Waals surface area (Å²) in [6.07, 6.45) is 5.26. The summed E-state index contributed by atoms with van der Waals surface area (Å²) >= 11 is 0. The molecule has 3 fully saturated rings. The van der Waals surface area contributed by atoms with E-state index in [1.807, 2.05) is 0 Å². The maximum Gasteiger partial charge on any atom is 0.343 e. The number of benzene rings is 1. The summed E-state index contributed by atoms with van der Waals surface area (Å²) in [6, 6.07) is 4.32. The lowest BCUT2D eigenvalue weighted by molar-refractivity contribution is -0.122. The van der Waals surface area contributed by atoms with E-state index in [1.54, 1.807) is 18.2 Å². The third-order valence-corrected chi connectivity index (χ3v) is 6.34. The van der Waals surface area contributed by atoms with Gasteiger partial charge in [-0.05, 0) is 55.2 Å². The molecule has 8 nitrogen and oxygen atoms in total. The number of hydrogen-bond donors (Lipinski definition) is 1. The third kappa shape index (κ3) is 2.71. The monoisotopic (exact) mass is 383 g/mol. The highest BCUT2D eigenvalue weighted by atomic mass is 16.5. The smallest absolute Gasteiger partial charge is 0.343 e. The maximum atomic E-state index is 12.8. The van der Waals surface area contributed by atoms with E-state index in [1.165, 1.54) is 19.3 Å². The second-order valence-corrected chi connectivity index (χ2v) is 8.05. The fraction of sp³-hybridized carbons (Fsp3) is 0.500. The number of carbonyl (C=O) groups is 4. The van der Waals surface area contributed by atoms with E-state index in [0.717, 1.165) is 27.9 Å². The minimum Gasteiger partial charge on any atom is -0.373 e. The number of nitrogens with one attached hydrogen (secondary N) is 1. The molecular weight excluding hydrogens is 362 g/mol. The Morgan fingerprint density at radius 3 is 2.57 bits per heavy atom. The summed E-state index contributed by atoms with van der Waals surface area (Å²) in [5.41, 5.74) is 1.37. The minimum atomic E-state index is -0.759. The van der Waals surface area contributed by atoms with Crippen LogP contribution in [-0.4, -0.2) is 46.4 Å². The van der Waals surface area contributed by atoms with Crippen LogP contribution in [0.1, 0.15) is 58.4 Å². The van der Waals surface area contributed by atoms with Crippen molar-refractivity contribution in [1.29, 1.82) is 0 Å². The van der Waals surface area contributed by atoms with Gasteiger partial charge in [0.2, 0.25) is 5.91 Å². The zero-order valence-corrected chi connectivity index (χ0v) is 15.3. The molecule has 28 heavy (non-hydrogen) atoms. The van der Waals surface area contributed by atoms with E-state index in [4.69, 9.17) is 4.74 Å². The molecule has 2 bridgehead atoms. The topological polar surface area (TPSA) is 96.0 Å². The Labute approximate surface area is 161 Å². The number of hydrogen-bond acceptors (Lipinski definition) is 5. The highest BCUT2D eigenvalue weighted by molar-refractivity contribution is 6.22. The van der Waals surface area contributed by atoms with Crippen LogP contribution in [0, 0.1) is 11.8 Å². The normalized spacial score (nSPS) is 28.9. The molecule has 2 saturated carbocycles. The van der Waals surface area contributed by atoms with Crippen molar-refractivity contribution >= 4 is 23.8 Å². The first-order chi connectivity index (χ1) is 13.5. The Kier molecular flexibility index (Phi) is 3.97. The molecule has 0 aromatic heterocycles. The molecule has 2 heterocycles. The lowest BCUT2D eigenvalue weighted by atomic mass is 9.97. The first-order valence-electron chi connectivity index (χ1n) is 9.76. The molecule has 3 atom stereocenters. The van der Waals surface area contributed by atoms with Crippen LogP contribution in [0.3, 0.4) is 0 Å². The lowest BCUT2D eigenvalue weighted by Gasteiger charge is -2.32. The van der Waals surface area contributed by atoms with Gasteiger partial charge in [0, 0.05) is 6.42 Å². The van der Waals surface area contributed by atoms with Gasteiger partial charge in [0.05, 0.1) is 30.4 Å². The van der Waals surface area contributed by atoms with Crippen LogP contribution in [0.2, 0.25) is 0 Å². The van der Waals surface area contributed by atoms with Crippen molar-refractivity contribution < 1.29 is 23.9 Å². The number of imide groups is 2. The van der Waals surface area contributed by atoms with E-state index in [-0.39, 0.29) is 30.2 Å². The van der Waals surface area contributed by atoms with E-state index in [0.29, 0.717) is 12.5 Å². The van der Waals surface area contributed by atoms with Gasteiger partial charge in [-0.25, -0.2) is 9.80 Å². The Morgan fingerprint density at radius 2 is 1.86 bits per heavy atom. The molecule has 146 valence electrons. The Morgan fingerprint density at radius 1 is 1.04 bits per heavy atom. The Hall–Kier alpha value is -2.74. The predicted octanol–water partition coefficient (Wildman–Crippen LogP) is 1.84. The maximum absolute atomic E-state index is 12.8. The van der Waals surface area contributed by atoms with Crippen LogP contribution < -0.4 is 5.32 Å². The summed E-state index contributed by atoms with van der Waals surface area (Å²) in [4.78, 5) is 48.8. The van der Waals surface area contributed by atoms with E-state index < -0.39 is 23.8 Å². The van der Waals surface area contributed by atoms with Gasteiger partial charge >= 0.3 is 6.03 Å². The first-order valence-corrected chi connectivity index (χ1v) is 9.76. The summed E-state index contributed by atoms with van der Waals surface area (Å²) in [7, 11) is 0. The van der Waals surface area contributed by atoms with Crippen molar-refractivity contribution in [3.8, 4) is 0 Å². The highest BCUT2D eigenvalue weighted by Gasteiger charge is 2.43. The fourth-order valence-electron chi connectivity index (χ4n) is 4.92. The Balaban J connectivity index is 1.31. The molecule has 1 N–H and O–H groups in total. The van der Waals surface area contributed by atoms with Crippen LogP contribution >= 0.6 is 0 Å². The number of ether oxygens (including phenoxy) is 1. The van der Waals surface area contributed by atoms with Crippen molar-refractivity contribution in [3.05, 3.63) is 34.9 Å². The minimum absolute atomic E-state index is 0.00363. The number of rotatable bonds is 4. The molecule has 5 rings (SSSR count). The van der Waals surface area contributed by atoms with E-state index in [9.17, 15) is 19.2 Å². The quantitative estimate of drug-likeness (QED) is 0.801. The van der Waals surface area contributed by atoms with Crippen molar-refractivity contribution in [2.45, 2.75) is 44.8 Å². The number of nitrogens with zero attached hydrogens (tertiary/aromatic N) is 2. The molecule has 1 saturated heterocycles. The van der Waals surface area contributed by atoms with Gasteiger partial charge < -0.3 is 4.74 Å². The molecular formula is C20H21N3O5. The summed E-state index contributed by atoms with van der Waals surface area (Å²) < 4.78 is 6.09. The van der Waals surface area contributed by atoms with Crippen molar-refractivity contribution in [2.24, 2.45) is 11.8 Å². The second kappa shape index (κ2) is 6.41. The molecule has 0 spiro atoms. The van der Waals surface area contributed by atoms with Crippen LogP contribution in [0.5, 0.6) is 0 Å². The largest absolute Gasteiger partial charge is 0.373 e. The van der Waals surface area contributed by atoms with Crippen LogP contribution in [0.25, 0.3) is 0 Å². The molecule has 1 aromatic rings. The van der Waals surface area contributed by atoms with Gasteiger partial charge in [-0.2, -0.15) is 5.01 Å². The molecule has 8 heteroatoms. The summed E-state index contributed by atoms with van der Waals surface area (Å²) in [5, 5.41) is 3.96. The van der Waals surface area contributed by atoms with Gasteiger partial charge in [-0.3, -0.25) is 19.7 Å². The number of urea groups is 1. The fourth-order valence-corrected chi connectivity index (χ4v) is 4.92. The zero-order valence-electron chi connectivity index (χ0n) is 15.3. The molecule has 1 aromatic carbocycles. The van der Waals surface area contributed by atoms with Crippen molar-refractivity contribution in [1.82, 2.24) is 15.3 Å². The number of fused-ring (bicyclic) bond motifs is 3. The van der Waals surface area contributed by atoms with Gasteiger partial charge in [0.1, 0.15) is 0 Å². The van der Waals surface area contributed by atoms with Gasteiger partial charge in [-0.15, -0.1) is 0 Å². The molecule has 0 radical (unpaired) electrons.